The molecule has 1 heterocycles. The van der Waals surface area contributed by atoms with Crippen molar-refractivity contribution < 1.29 is 9.84 Å². The van der Waals surface area contributed by atoms with Crippen molar-refractivity contribution in [2.24, 2.45) is 0 Å². The van der Waals surface area contributed by atoms with E-state index in [0.29, 0.717) is 6.54 Å². The second kappa shape index (κ2) is 7.79. The first-order chi connectivity index (χ1) is 11.7. The van der Waals surface area contributed by atoms with Gasteiger partial charge in [0.05, 0.1) is 18.8 Å². The number of morpholine rings is 1. The number of para-hydroxylation sites is 1. The largest absolute Gasteiger partial charge is 0.384 e. The van der Waals surface area contributed by atoms with E-state index >= 15 is 0 Å². The molecular weight excluding hydrogens is 300 g/mol. The quantitative estimate of drug-likeness (QED) is 0.856. The van der Waals surface area contributed by atoms with Gasteiger partial charge in [-0.15, -0.1) is 0 Å². The summed E-state index contributed by atoms with van der Waals surface area (Å²) >= 11 is 0. The molecule has 2 aromatic carbocycles. The van der Waals surface area contributed by atoms with Crippen LogP contribution in [0.15, 0.2) is 54.6 Å². The maximum absolute atomic E-state index is 10.7. The van der Waals surface area contributed by atoms with E-state index in [2.05, 4.69) is 34.5 Å². The molecule has 1 saturated heterocycles. The molecule has 0 amide bonds. The molecule has 4 nitrogen and oxygen atoms in total. The minimum atomic E-state index is -0.880. The molecule has 4 heteroatoms. The third kappa shape index (κ3) is 4.15. The van der Waals surface area contributed by atoms with Crippen LogP contribution in [-0.2, 0) is 16.9 Å². The van der Waals surface area contributed by atoms with E-state index in [1.807, 2.05) is 37.3 Å². The van der Waals surface area contributed by atoms with E-state index < -0.39 is 5.60 Å². The van der Waals surface area contributed by atoms with Crippen molar-refractivity contribution in [3.05, 3.63) is 65.7 Å². The van der Waals surface area contributed by atoms with Crippen molar-refractivity contribution >= 4 is 5.69 Å². The smallest absolute Gasteiger partial charge is 0.0992 e. The van der Waals surface area contributed by atoms with Crippen molar-refractivity contribution in [3.63, 3.8) is 0 Å². The fraction of sp³-hybridized carbons (Fsp3) is 0.400. The SMILES string of the molecule is CC(O)(CNCc1ccccc1N1CCOCC1)c1ccccc1. The van der Waals surface area contributed by atoms with Gasteiger partial charge in [0, 0.05) is 31.9 Å². The molecule has 24 heavy (non-hydrogen) atoms. The maximum Gasteiger partial charge on any atom is 0.0992 e. The van der Waals surface area contributed by atoms with Gasteiger partial charge >= 0.3 is 0 Å². The summed E-state index contributed by atoms with van der Waals surface area (Å²) in [5.74, 6) is 0. The summed E-state index contributed by atoms with van der Waals surface area (Å²) in [7, 11) is 0. The number of rotatable bonds is 6. The topological polar surface area (TPSA) is 44.7 Å². The van der Waals surface area contributed by atoms with Gasteiger partial charge < -0.3 is 20.1 Å². The molecule has 1 atom stereocenters. The Bertz CT molecular complexity index is 637. The van der Waals surface area contributed by atoms with Crippen LogP contribution in [0.25, 0.3) is 0 Å². The lowest BCUT2D eigenvalue weighted by atomic mass is 9.96. The summed E-state index contributed by atoms with van der Waals surface area (Å²) in [6.07, 6.45) is 0. The molecule has 2 N–H and O–H groups in total. The molecule has 128 valence electrons. The molecule has 0 aromatic heterocycles. The van der Waals surface area contributed by atoms with E-state index in [1.54, 1.807) is 0 Å². The number of anilines is 1. The molecular formula is C20H26N2O2. The predicted molar refractivity (Wildman–Crippen MR) is 97.2 cm³/mol. The molecule has 0 spiro atoms. The number of nitrogens with one attached hydrogen (secondary N) is 1. The Labute approximate surface area is 144 Å². The van der Waals surface area contributed by atoms with E-state index in [1.165, 1.54) is 11.3 Å². The first-order valence-corrected chi connectivity index (χ1v) is 8.56. The van der Waals surface area contributed by atoms with Gasteiger partial charge in [-0.3, -0.25) is 0 Å². The van der Waals surface area contributed by atoms with E-state index in [-0.39, 0.29) is 0 Å². The van der Waals surface area contributed by atoms with Crippen LogP contribution in [-0.4, -0.2) is 38.0 Å². The van der Waals surface area contributed by atoms with Gasteiger partial charge in [-0.25, -0.2) is 0 Å². The van der Waals surface area contributed by atoms with Gasteiger partial charge in [0.25, 0.3) is 0 Å². The van der Waals surface area contributed by atoms with Gasteiger partial charge in [0.1, 0.15) is 0 Å². The molecule has 1 aliphatic rings. The minimum Gasteiger partial charge on any atom is -0.384 e. The normalized spacial score (nSPS) is 17.5. The van der Waals surface area contributed by atoms with Crippen LogP contribution < -0.4 is 10.2 Å². The fourth-order valence-corrected chi connectivity index (χ4v) is 3.11. The van der Waals surface area contributed by atoms with Crippen molar-refractivity contribution in [2.45, 2.75) is 19.1 Å². The molecule has 0 aliphatic carbocycles. The molecule has 3 rings (SSSR count). The van der Waals surface area contributed by atoms with Crippen molar-refractivity contribution in [1.29, 1.82) is 0 Å². The van der Waals surface area contributed by atoms with Crippen molar-refractivity contribution in [3.8, 4) is 0 Å². The number of aliphatic hydroxyl groups is 1. The second-order valence-corrected chi connectivity index (χ2v) is 6.47. The number of hydrogen-bond acceptors (Lipinski definition) is 4. The van der Waals surface area contributed by atoms with Crippen LogP contribution in [0.5, 0.6) is 0 Å². The third-order valence-corrected chi connectivity index (χ3v) is 4.52. The van der Waals surface area contributed by atoms with Crippen LogP contribution >= 0.6 is 0 Å². The Balaban J connectivity index is 1.63. The Morgan fingerprint density at radius 1 is 1.04 bits per heavy atom. The summed E-state index contributed by atoms with van der Waals surface area (Å²) < 4.78 is 5.45. The van der Waals surface area contributed by atoms with Crippen LogP contribution in [0, 0.1) is 0 Å². The number of hydrogen-bond donors (Lipinski definition) is 2. The highest BCUT2D eigenvalue weighted by Crippen LogP contribution is 2.23. The summed E-state index contributed by atoms with van der Waals surface area (Å²) in [6, 6.07) is 18.3. The van der Waals surface area contributed by atoms with Gasteiger partial charge in [-0.1, -0.05) is 48.5 Å². The highest BCUT2D eigenvalue weighted by molar-refractivity contribution is 5.53. The summed E-state index contributed by atoms with van der Waals surface area (Å²) in [5, 5.41) is 14.1. The van der Waals surface area contributed by atoms with Crippen molar-refractivity contribution in [1.82, 2.24) is 5.32 Å². The lowest BCUT2D eigenvalue weighted by molar-refractivity contribution is 0.0567. The Morgan fingerprint density at radius 3 is 2.46 bits per heavy atom. The van der Waals surface area contributed by atoms with Gasteiger partial charge in [0.2, 0.25) is 0 Å². The predicted octanol–water partition coefficient (Wildman–Crippen LogP) is 2.52. The molecule has 1 fully saturated rings. The number of nitrogens with zero attached hydrogens (tertiary/aromatic N) is 1. The lowest BCUT2D eigenvalue weighted by Gasteiger charge is -2.31. The first-order valence-electron chi connectivity index (χ1n) is 8.56. The fourth-order valence-electron chi connectivity index (χ4n) is 3.11. The van der Waals surface area contributed by atoms with Crippen LogP contribution in [0.3, 0.4) is 0 Å². The Morgan fingerprint density at radius 2 is 1.71 bits per heavy atom. The zero-order valence-corrected chi connectivity index (χ0v) is 14.2. The van der Waals surface area contributed by atoms with Crippen LogP contribution in [0.1, 0.15) is 18.1 Å². The Kier molecular flexibility index (Phi) is 5.51. The van der Waals surface area contributed by atoms with E-state index in [9.17, 15) is 5.11 Å². The number of ether oxygens (including phenoxy) is 1. The van der Waals surface area contributed by atoms with E-state index in [0.717, 1.165) is 38.4 Å². The molecule has 1 aliphatic heterocycles. The zero-order valence-electron chi connectivity index (χ0n) is 14.2. The second-order valence-electron chi connectivity index (χ2n) is 6.47. The summed E-state index contributed by atoms with van der Waals surface area (Å²) in [6.45, 7) is 6.51. The number of benzene rings is 2. The van der Waals surface area contributed by atoms with Gasteiger partial charge in [-0.2, -0.15) is 0 Å². The maximum atomic E-state index is 10.7. The highest BCUT2D eigenvalue weighted by Gasteiger charge is 2.22. The molecule has 2 aromatic rings. The third-order valence-electron chi connectivity index (χ3n) is 4.52. The molecule has 0 radical (unpaired) electrons. The first kappa shape index (κ1) is 17.0. The molecule has 1 unspecified atom stereocenters. The molecule has 0 saturated carbocycles. The van der Waals surface area contributed by atoms with Gasteiger partial charge in [-0.05, 0) is 24.1 Å². The van der Waals surface area contributed by atoms with Crippen LogP contribution in [0.2, 0.25) is 0 Å². The Hall–Kier alpha value is -1.88. The summed E-state index contributed by atoms with van der Waals surface area (Å²) in [4.78, 5) is 2.37. The average Bonchev–Trinajstić information content (AvgIpc) is 2.63. The lowest BCUT2D eigenvalue weighted by Crippen LogP contribution is -2.38. The standard InChI is InChI=1S/C20H26N2O2/c1-20(23,18-8-3-2-4-9-18)16-21-15-17-7-5-6-10-19(17)22-11-13-24-14-12-22/h2-10,21,23H,11-16H2,1H3. The average molecular weight is 326 g/mol. The van der Waals surface area contributed by atoms with Crippen molar-refractivity contribution in [2.75, 3.05) is 37.7 Å². The zero-order chi connectivity index (χ0) is 16.8. The monoisotopic (exact) mass is 326 g/mol. The molecule has 0 bridgehead atoms. The van der Waals surface area contributed by atoms with Gasteiger partial charge in [0.15, 0.2) is 0 Å². The van der Waals surface area contributed by atoms with E-state index in [4.69, 9.17) is 4.74 Å². The van der Waals surface area contributed by atoms with Crippen LogP contribution in [0.4, 0.5) is 5.69 Å². The summed E-state index contributed by atoms with van der Waals surface area (Å²) in [5.41, 5.74) is 2.56. The highest BCUT2D eigenvalue weighted by atomic mass is 16.5. The minimum absolute atomic E-state index is 0.508.